The summed E-state index contributed by atoms with van der Waals surface area (Å²) in [5.74, 6) is -6.06. The highest BCUT2D eigenvalue weighted by Gasteiger charge is 2.42. The third-order valence-corrected chi connectivity index (χ3v) is 8.66. The molecule has 0 saturated carbocycles. The van der Waals surface area contributed by atoms with Gasteiger partial charge in [-0.1, -0.05) is 54.6 Å². The summed E-state index contributed by atoms with van der Waals surface area (Å²) in [6.07, 6.45) is 0. The van der Waals surface area contributed by atoms with Crippen molar-refractivity contribution >= 4 is 55.6 Å². The monoisotopic (exact) mass is 611 g/mol. The number of hydrogen-bond acceptors (Lipinski definition) is 15. The number of carbonyl (C=O) groups excluding carboxylic acids is 3. The molecular weight excluding hydrogens is 599 g/mol. The number of carboxylic acid groups (broad SMARTS) is 3. The average molecular weight is 611 g/mol. The summed E-state index contributed by atoms with van der Waals surface area (Å²) in [5.41, 5.74) is -2.97. The van der Waals surface area contributed by atoms with E-state index in [1.165, 1.54) is 0 Å². The van der Waals surface area contributed by atoms with Crippen molar-refractivity contribution in [3.05, 3.63) is 89.5 Å². The highest BCUT2D eigenvalue weighted by atomic mass is 32.2. The Bertz CT molecular complexity index is 1600. The molecule has 0 bridgehead atoms. The topological polar surface area (TPSA) is 250 Å². The van der Waals surface area contributed by atoms with Crippen molar-refractivity contribution in [2.75, 3.05) is 0 Å². The minimum absolute atomic E-state index is 0.678. The number of aromatic carboxylic acids is 3. The van der Waals surface area contributed by atoms with Crippen molar-refractivity contribution in [1.29, 1.82) is 0 Å². The van der Waals surface area contributed by atoms with E-state index in [2.05, 4.69) is 12.3 Å². The van der Waals surface area contributed by atoms with Crippen LogP contribution in [0.3, 0.4) is 0 Å². The summed E-state index contributed by atoms with van der Waals surface area (Å²) in [7, 11) is -19.7. The molecule has 0 spiro atoms. The van der Waals surface area contributed by atoms with Crippen LogP contribution in [0.25, 0.3) is 0 Å². The standard InChI is InChI=1S/C21H15BO15S3/c23-19(24)13-7-1-4-10-16(13)38(29,30)35-22(36-39(31,32)17-11-5-2-8-14(17)20(25)26)37-40(33,34)18-12-6-3-9-15(18)21(27)28/h1-12H,(H,23,24)(H,25,26)(H,27,28)/p-3. The van der Waals surface area contributed by atoms with Gasteiger partial charge in [0.2, 0.25) is 0 Å². The molecular formula is C21H12BO15S3-3. The molecule has 0 amide bonds. The summed E-state index contributed by atoms with van der Waals surface area (Å²) >= 11 is 0. The van der Waals surface area contributed by atoms with Gasteiger partial charge < -0.3 is 29.7 Å². The molecule has 0 aliphatic rings. The number of benzene rings is 3. The van der Waals surface area contributed by atoms with Crippen LogP contribution < -0.4 is 15.3 Å². The van der Waals surface area contributed by atoms with Crippen molar-refractivity contribution in [3.8, 4) is 0 Å². The van der Waals surface area contributed by atoms with Gasteiger partial charge in [-0.25, -0.2) is 0 Å². The van der Waals surface area contributed by atoms with Crippen LogP contribution in [0.4, 0.5) is 0 Å². The van der Waals surface area contributed by atoms with Crippen LogP contribution in [0.1, 0.15) is 31.1 Å². The minimum Gasteiger partial charge on any atom is -0.545 e. The highest BCUT2D eigenvalue weighted by molar-refractivity contribution is 7.90. The molecule has 15 nitrogen and oxygen atoms in total. The van der Waals surface area contributed by atoms with Gasteiger partial charge in [-0.2, -0.15) is 25.3 Å². The third kappa shape index (κ3) is 6.70. The molecule has 3 aromatic rings. The summed E-state index contributed by atoms with van der Waals surface area (Å²) in [6, 6.07) is 10.7. The maximum absolute atomic E-state index is 12.9. The summed E-state index contributed by atoms with van der Waals surface area (Å²) in [5, 5.41) is 34.1. The predicted molar refractivity (Wildman–Crippen MR) is 123 cm³/mol. The van der Waals surface area contributed by atoms with E-state index >= 15 is 0 Å². The maximum atomic E-state index is 12.9. The Morgan fingerprint density at radius 1 is 0.475 bits per heavy atom. The lowest BCUT2D eigenvalue weighted by molar-refractivity contribution is -0.256. The van der Waals surface area contributed by atoms with Gasteiger partial charge >= 0.3 is 7.32 Å². The van der Waals surface area contributed by atoms with E-state index in [4.69, 9.17) is 0 Å². The van der Waals surface area contributed by atoms with Gasteiger partial charge in [0.1, 0.15) is 14.7 Å². The Hall–Kier alpha value is -4.14. The van der Waals surface area contributed by atoms with Gasteiger partial charge in [-0.3, -0.25) is 12.3 Å². The lowest BCUT2D eigenvalue weighted by atomic mass is 10.2. The molecule has 3 aromatic carbocycles. The Morgan fingerprint density at radius 2 is 0.700 bits per heavy atom. The summed E-state index contributed by atoms with van der Waals surface area (Å²) in [4.78, 5) is 30.7. The van der Waals surface area contributed by atoms with E-state index in [0.717, 1.165) is 54.6 Å². The molecule has 0 fully saturated rings. The molecule has 0 aromatic heterocycles. The zero-order valence-corrected chi connectivity index (χ0v) is 21.8. The number of carbonyl (C=O) groups is 3. The molecule has 0 N–H and O–H groups in total. The van der Waals surface area contributed by atoms with Gasteiger partial charge in [0.25, 0.3) is 30.4 Å². The fourth-order valence-corrected chi connectivity index (χ4v) is 6.39. The fourth-order valence-electron chi connectivity index (χ4n) is 3.07. The van der Waals surface area contributed by atoms with Crippen molar-refractivity contribution in [3.63, 3.8) is 0 Å². The van der Waals surface area contributed by atoms with Crippen LogP contribution in [-0.2, 0) is 42.7 Å². The first-order valence-corrected chi connectivity index (χ1v) is 14.5. The molecule has 210 valence electrons. The largest absolute Gasteiger partial charge is 0.685 e. The van der Waals surface area contributed by atoms with Crippen LogP contribution in [-0.4, -0.2) is 50.5 Å². The Labute approximate surface area is 226 Å². The quantitative estimate of drug-likeness (QED) is 0.189. The maximum Gasteiger partial charge on any atom is 0.685 e. The van der Waals surface area contributed by atoms with Gasteiger partial charge in [0.05, 0.1) is 17.9 Å². The van der Waals surface area contributed by atoms with Crippen molar-refractivity contribution in [2.24, 2.45) is 0 Å². The average Bonchev–Trinajstić information content (AvgIpc) is 2.87. The smallest absolute Gasteiger partial charge is 0.545 e. The fraction of sp³-hybridized carbons (Fsp3) is 0. The van der Waals surface area contributed by atoms with Crippen molar-refractivity contribution in [2.45, 2.75) is 14.7 Å². The molecule has 3 rings (SSSR count). The van der Waals surface area contributed by atoms with Crippen LogP contribution in [0.15, 0.2) is 87.5 Å². The Balaban J connectivity index is 2.14. The van der Waals surface area contributed by atoms with Crippen LogP contribution in [0.2, 0.25) is 0 Å². The predicted octanol–water partition coefficient (Wildman–Crippen LogP) is -2.72. The van der Waals surface area contributed by atoms with E-state index in [0.29, 0.717) is 18.2 Å². The van der Waals surface area contributed by atoms with E-state index in [9.17, 15) is 55.0 Å². The molecule has 0 heterocycles. The van der Waals surface area contributed by atoms with Gasteiger partial charge in [-0.05, 0) is 18.2 Å². The van der Waals surface area contributed by atoms with Gasteiger partial charge in [0, 0.05) is 16.7 Å². The molecule has 0 aliphatic carbocycles. The molecule has 0 saturated heterocycles. The van der Waals surface area contributed by atoms with E-state index in [1.807, 2.05) is 0 Å². The highest BCUT2D eigenvalue weighted by Crippen LogP contribution is 2.25. The molecule has 0 unspecified atom stereocenters. The SMILES string of the molecule is O=C([O-])c1ccccc1S(=O)(=O)OB(OS(=O)(=O)c1ccccc1C(=O)[O-])OS(=O)(=O)c1ccccc1C(=O)[O-]. The van der Waals surface area contributed by atoms with Gasteiger partial charge in [0.15, 0.2) is 0 Å². The molecule has 40 heavy (non-hydrogen) atoms. The number of carboxylic acids is 3. The molecule has 19 heteroatoms. The summed E-state index contributed by atoms with van der Waals surface area (Å²) in [6.45, 7) is 0. The summed E-state index contributed by atoms with van der Waals surface area (Å²) < 4.78 is 90.8. The van der Waals surface area contributed by atoms with E-state index in [1.54, 1.807) is 0 Å². The first-order chi connectivity index (χ1) is 18.6. The van der Waals surface area contributed by atoms with E-state index in [-0.39, 0.29) is 0 Å². The Morgan fingerprint density at radius 3 is 0.925 bits per heavy atom. The normalized spacial score (nSPS) is 12.0. The zero-order chi connectivity index (χ0) is 29.9. The lowest BCUT2D eigenvalue weighted by Gasteiger charge is -2.18. The number of rotatable bonds is 12. The van der Waals surface area contributed by atoms with Crippen LogP contribution in [0, 0.1) is 0 Å². The van der Waals surface area contributed by atoms with Crippen molar-refractivity contribution < 1.29 is 67.3 Å². The lowest BCUT2D eigenvalue weighted by Crippen LogP contribution is -2.37. The minimum atomic E-state index is -5.45. The molecule has 0 radical (unpaired) electrons. The molecule has 0 atom stereocenters. The van der Waals surface area contributed by atoms with Crippen LogP contribution in [0.5, 0.6) is 0 Å². The third-order valence-electron chi connectivity index (χ3n) is 4.74. The zero-order valence-electron chi connectivity index (χ0n) is 19.4. The second kappa shape index (κ2) is 11.5. The molecule has 0 aliphatic heterocycles. The van der Waals surface area contributed by atoms with Crippen LogP contribution >= 0.6 is 0 Å². The second-order valence-electron chi connectivity index (χ2n) is 7.29. The first-order valence-electron chi connectivity index (χ1n) is 10.3. The Kier molecular flexibility index (Phi) is 8.77. The first kappa shape index (κ1) is 30.4. The van der Waals surface area contributed by atoms with E-state index < -0.39 is 87.0 Å². The van der Waals surface area contributed by atoms with Gasteiger partial charge in [-0.15, -0.1) is 0 Å². The number of hydrogen-bond donors (Lipinski definition) is 0. The second-order valence-corrected chi connectivity index (χ2v) is 11.9. The van der Waals surface area contributed by atoms with Crippen molar-refractivity contribution in [1.82, 2.24) is 0 Å².